The summed E-state index contributed by atoms with van der Waals surface area (Å²) >= 11 is 0. The molecule has 5 nitrogen and oxygen atoms in total. The topological polar surface area (TPSA) is 75.4 Å². The lowest BCUT2D eigenvalue weighted by molar-refractivity contribution is -0.121. The lowest BCUT2D eigenvalue weighted by Gasteiger charge is -2.38. The quantitative estimate of drug-likeness (QED) is 0.909. The Hall–Kier alpha value is -2.89. The molecule has 3 rings (SSSR count). The molecule has 24 heavy (non-hydrogen) atoms. The first kappa shape index (κ1) is 16.0. The van der Waals surface area contributed by atoms with Crippen molar-refractivity contribution in [3.8, 4) is 0 Å². The maximum atomic E-state index is 13.6. The highest BCUT2D eigenvalue weighted by Crippen LogP contribution is 2.35. The zero-order valence-electron chi connectivity index (χ0n) is 13.2. The normalized spacial score (nSPS) is 18.0. The van der Waals surface area contributed by atoms with Gasteiger partial charge in [0, 0.05) is 12.1 Å². The van der Waals surface area contributed by atoms with E-state index in [4.69, 9.17) is 5.73 Å². The van der Waals surface area contributed by atoms with Gasteiger partial charge in [0.15, 0.2) is 0 Å². The molecule has 0 radical (unpaired) electrons. The molecule has 0 spiro atoms. The third-order valence-corrected chi connectivity index (χ3v) is 4.25. The van der Waals surface area contributed by atoms with Crippen molar-refractivity contribution in [1.82, 2.24) is 5.32 Å². The van der Waals surface area contributed by atoms with E-state index in [1.807, 2.05) is 37.3 Å². The molecule has 1 heterocycles. The van der Waals surface area contributed by atoms with Gasteiger partial charge in [-0.05, 0) is 36.2 Å². The van der Waals surface area contributed by atoms with Crippen LogP contribution in [0.25, 0.3) is 0 Å². The number of primary amides is 1. The predicted molar refractivity (Wildman–Crippen MR) is 89.0 cm³/mol. The maximum absolute atomic E-state index is 13.6. The Balaban J connectivity index is 2.05. The molecule has 2 aromatic carbocycles. The second-order valence-corrected chi connectivity index (χ2v) is 5.83. The van der Waals surface area contributed by atoms with Crippen LogP contribution in [0.5, 0.6) is 0 Å². The van der Waals surface area contributed by atoms with Crippen LogP contribution in [0.2, 0.25) is 0 Å². The number of hydrogen-bond acceptors (Lipinski definition) is 2. The number of nitrogens with one attached hydrogen (secondary N) is 1. The Labute approximate surface area is 139 Å². The van der Waals surface area contributed by atoms with Crippen LogP contribution in [0.4, 0.5) is 14.9 Å². The number of halogens is 1. The van der Waals surface area contributed by atoms with Gasteiger partial charge in [0.05, 0.1) is 6.04 Å². The van der Waals surface area contributed by atoms with Crippen molar-refractivity contribution in [2.24, 2.45) is 5.73 Å². The molecule has 0 unspecified atom stereocenters. The second-order valence-electron chi connectivity index (χ2n) is 5.83. The zero-order chi connectivity index (χ0) is 17.3. The van der Waals surface area contributed by atoms with Crippen LogP contribution in [0.1, 0.15) is 24.1 Å². The molecule has 0 saturated heterocycles. The van der Waals surface area contributed by atoms with Crippen molar-refractivity contribution in [3.63, 3.8) is 0 Å². The molecule has 1 aliphatic rings. The van der Waals surface area contributed by atoms with Gasteiger partial charge in [-0.3, -0.25) is 4.79 Å². The fourth-order valence-corrected chi connectivity index (χ4v) is 3.11. The van der Waals surface area contributed by atoms with E-state index in [9.17, 15) is 14.0 Å². The van der Waals surface area contributed by atoms with Gasteiger partial charge in [-0.25, -0.2) is 9.18 Å². The third kappa shape index (κ3) is 2.95. The molecule has 124 valence electrons. The predicted octanol–water partition coefficient (Wildman–Crippen LogP) is 2.51. The minimum absolute atomic E-state index is 0.215. The summed E-state index contributed by atoms with van der Waals surface area (Å²) in [5, 5.41) is 2.45. The number of hydrogen-bond donors (Lipinski definition) is 2. The number of fused-ring (bicyclic) bond motifs is 1. The first-order valence-electron chi connectivity index (χ1n) is 7.70. The lowest BCUT2D eigenvalue weighted by Crippen LogP contribution is -2.54. The summed E-state index contributed by atoms with van der Waals surface area (Å²) in [5.41, 5.74) is 7.43. The highest BCUT2D eigenvalue weighted by molar-refractivity contribution is 6.02. The molecule has 3 N–H and O–H groups in total. The van der Waals surface area contributed by atoms with Crippen LogP contribution in [0.15, 0.2) is 48.5 Å². The van der Waals surface area contributed by atoms with Gasteiger partial charge in [0.1, 0.15) is 11.9 Å². The van der Waals surface area contributed by atoms with Crippen LogP contribution in [0, 0.1) is 5.82 Å². The van der Waals surface area contributed by atoms with E-state index in [1.165, 1.54) is 12.1 Å². The maximum Gasteiger partial charge on any atom is 0.312 e. The average molecular weight is 327 g/mol. The van der Waals surface area contributed by atoms with Gasteiger partial charge in [-0.2, -0.15) is 0 Å². The Morgan fingerprint density at radius 1 is 1.29 bits per heavy atom. The first-order chi connectivity index (χ1) is 11.5. The summed E-state index contributed by atoms with van der Waals surface area (Å²) in [6, 6.07) is 12.0. The van der Waals surface area contributed by atoms with Crippen LogP contribution < -0.4 is 16.0 Å². The molecule has 0 aliphatic carbocycles. The smallest absolute Gasteiger partial charge is 0.312 e. The van der Waals surface area contributed by atoms with Crippen molar-refractivity contribution < 1.29 is 14.0 Å². The van der Waals surface area contributed by atoms with Crippen molar-refractivity contribution in [2.45, 2.75) is 25.4 Å². The van der Waals surface area contributed by atoms with Crippen molar-refractivity contribution >= 4 is 17.6 Å². The van der Waals surface area contributed by atoms with Gasteiger partial charge in [-0.1, -0.05) is 30.3 Å². The summed E-state index contributed by atoms with van der Waals surface area (Å²) in [7, 11) is 0. The summed E-state index contributed by atoms with van der Waals surface area (Å²) in [4.78, 5) is 25.7. The molecule has 6 heteroatoms. The lowest BCUT2D eigenvalue weighted by atomic mass is 9.94. The van der Waals surface area contributed by atoms with Crippen molar-refractivity contribution in [1.29, 1.82) is 0 Å². The molecule has 0 aromatic heterocycles. The SMILES string of the molecule is C[C@@H](c1ccccc1)N1C(=O)[C@H](NC(N)=O)Cc2cc(F)ccc21. The highest BCUT2D eigenvalue weighted by Gasteiger charge is 2.36. The number of carbonyl (C=O) groups excluding carboxylic acids is 2. The van der Waals surface area contributed by atoms with Crippen molar-refractivity contribution in [2.75, 3.05) is 4.90 Å². The number of benzene rings is 2. The van der Waals surface area contributed by atoms with E-state index in [1.54, 1.807) is 11.0 Å². The number of nitrogens with zero attached hydrogens (tertiary/aromatic N) is 1. The molecule has 0 saturated carbocycles. The minimum atomic E-state index is -0.803. The van der Waals surface area contributed by atoms with Crippen LogP contribution >= 0.6 is 0 Å². The van der Waals surface area contributed by atoms with Crippen molar-refractivity contribution in [3.05, 3.63) is 65.5 Å². The Kier molecular flexibility index (Phi) is 4.20. The fourth-order valence-electron chi connectivity index (χ4n) is 3.11. The van der Waals surface area contributed by atoms with E-state index in [-0.39, 0.29) is 24.2 Å². The molecule has 2 atom stereocenters. The number of urea groups is 1. The standard InChI is InChI=1S/C18H18FN3O2/c1-11(12-5-3-2-4-6-12)22-16-8-7-14(19)9-13(16)10-15(17(22)23)21-18(20)24/h2-9,11,15H,10H2,1H3,(H3,20,21,24)/t11-,15+/m0/s1. The third-order valence-electron chi connectivity index (χ3n) is 4.25. The fraction of sp³-hybridized carbons (Fsp3) is 0.222. The Morgan fingerprint density at radius 2 is 2.00 bits per heavy atom. The average Bonchev–Trinajstić information content (AvgIpc) is 2.56. The number of carbonyl (C=O) groups is 2. The summed E-state index contributed by atoms with van der Waals surface area (Å²) in [5.74, 6) is -0.641. The van der Waals surface area contributed by atoms with E-state index in [0.29, 0.717) is 11.3 Å². The van der Waals surface area contributed by atoms with Gasteiger partial charge < -0.3 is 16.0 Å². The van der Waals surface area contributed by atoms with Gasteiger partial charge in [0.25, 0.3) is 5.91 Å². The second kappa shape index (κ2) is 6.31. The monoisotopic (exact) mass is 327 g/mol. The van der Waals surface area contributed by atoms with Crippen LogP contribution in [0.3, 0.4) is 0 Å². The van der Waals surface area contributed by atoms with E-state index < -0.39 is 12.1 Å². The summed E-state index contributed by atoms with van der Waals surface area (Å²) in [6.07, 6.45) is 0.215. The summed E-state index contributed by atoms with van der Waals surface area (Å²) in [6.45, 7) is 1.90. The zero-order valence-corrected chi connectivity index (χ0v) is 13.2. The molecule has 1 aliphatic heterocycles. The van der Waals surface area contributed by atoms with Crippen LogP contribution in [-0.2, 0) is 11.2 Å². The largest absolute Gasteiger partial charge is 0.352 e. The number of nitrogens with two attached hydrogens (primary N) is 1. The number of anilines is 1. The molecule has 3 amide bonds. The van der Waals surface area contributed by atoms with E-state index in [2.05, 4.69) is 5.32 Å². The first-order valence-corrected chi connectivity index (χ1v) is 7.70. The Bertz CT molecular complexity index is 779. The summed E-state index contributed by atoms with van der Waals surface area (Å²) < 4.78 is 13.6. The van der Waals surface area contributed by atoms with Gasteiger partial charge >= 0.3 is 6.03 Å². The van der Waals surface area contributed by atoms with Gasteiger partial charge in [0.2, 0.25) is 0 Å². The van der Waals surface area contributed by atoms with Gasteiger partial charge in [-0.15, -0.1) is 0 Å². The number of rotatable bonds is 3. The molecule has 0 fully saturated rings. The van der Waals surface area contributed by atoms with Crippen LogP contribution in [-0.4, -0.2) is 18.0 Å². The molecule has 0 bridgehead atoms. The Morgan fingerprint density at radius 3 is 2.67 bits per heavy atom. The molecular formula is C18H18FN3O2. The molecular weight excluding hydrogens is 309 g/mol. The number of amides is 3. The highest BCUT2D eigenvalue weighted by atomic mass is 19.1. The minimum Gasteiger partial charge on any atom is -0.352 e. The van der Waals surface area contributed by atoms with E-state index >= 15 is 0 Å². The van der Waals surface area contributed by atoms with E-state index in [0.717, 1.165) is 5.56 Å². The molecule has 2 aromatic rings.